The summed E-state index contributed by atoms with van der Waals surface area (Å²) < 4.78 is 4.44. The number of amides is 1. The number of aromatic nitrogens is 3. The van der Waals surface area contributed by atoms with E-state index in [0.717, 1.165) is 15.4 Å². The van der Waals surface area contributed by atoms with Crippen LogP contribution in [0.1, 0.15) is 0 Å². The molecule has 1 amide bonds. The second-order valence-electron chi connectivity index (χ2n) is 6.26. The number of benzene rings is 2. The summed E-state index contributed by atoms with van der Waals surface area (Å²) in [4.78, 5) is 28.9. The van der Waals surface area contributed by atoms with Crippen LogP contribution in [0.3, 0.4) is 0 Å². The summed E-state index contributed by atoms with van der Waals surface area (Å²) in [6.07, 6.45) is 3.42. The lowest BCUT2D eigenvalue weighted by atomic mass is 10.2. The van der Waals surface area contributed by atoms with E-state index >= 15 is 0 Å². The van der Waals surface area contributed by atoms with Crippen molar-refractivity contribution in [3.8, 4) is 0 Å². The molecule has 0 saturated carbocycles. The summed E-state index contributed by atoms with van der Waals surface area (Å²) in [5, 5.41) is 4.53. The van der Waals surface area contributed by atoms with Crippen LogP contribution >= 0.6 is 15.9 Å². The first-order valence-electron chi connectivity index (χ1n) is 8.57. The smallest absolute Gasteiger partial charge is 0.261 e. The molecule has 7 heteroatoms. The third kappa shape index (κ3) is 3.64. The SMILES string of the molecule is O=C(Cn1cnc2ccccc2c1=O)NCCn1ccc2ccc(Br)cc21. The van der Waals surface area contributed by atoms with Gasteiger partial charge in [0, 0.05) is 29.3 Å². The Labute approximate surface area is 163 Å². The van der Waals surface area contributed by atoms with Crippen molar-refractivity contribution >= 4 is 43.6 Å². The van der Waals surface area contributed by atoms with Crippen molar-refractivity contribution in [3.05, 3.63) is 75.9 Å². The zero-order chi connectivity index (χ0) is 18.8. The Kier molecular flexibility index (Phi) is 4.77. The van der Waals surface area contributed by atoms with Gasteiger partial charge in [-0.15, -0.1) is 0 Å². The number of halogens is 1. The molecule has 2 aromatic heterocycles. The lowest BCUT2D eigenvalue weighted by Gasteiger charge is -2.09. The van der Waals surface area contributed by atoms with Gasteiger partial charge in [0.05, 0.1) is 17.2 Å². The Morgan fingerprint density at radius 2 is 1.96 bits per heavy atom. The van der Waals surface area contributed by atoms with Gasteiger partial charge < -0.3 is 9.88 Å². The summed E-state index contributed by atoms with van der Waals surface area (Å²) >= 11 is 3.48. The van der Waals surface area contributed by atoms with Crippen LogP contribution < -0.4 is 10.9 Å². The van der Waals surface area contributed by atoms with Gasteiger partial charge in [0.1, 0.15) is 6.54 Å². The molecule has 136 valence electrons. The fraction of sp³-hybridized carbons (Fsp3) is 0.150. The topological polar surface area (TPSA) is 68.9 Å². The average Bonchev–Trinajstić information content (AvgIpc) is 3.06. The van der Waals surface area contributed by atoms with Gasteiger partial charge in [-0.1, -0.05) is 34.1 Å². The molecule has 0 fully saturated rings. The van der Waals surface area contributed by atoms with Gasteiger partial charge in [0.2, 0.25) is 5.91 Å². The highest BCUT2D eigenvalue weighted by molar-refractivity contribution is 9.10. The second-order valence-corrected chi connectivity index (χ2v) is 7.17. The predicted octanol–water partition coefficient (Wildman–Crippen LogP) is 2.93. The quantitative estimate of drug-likeness (QED) is 0.535. The van der Waals surface area contributed by atoms with Crippen molar-refractivity contribution in [2.45, 2.75) is 13.1 Å². The maximum Gasteiger partial charge on any atom is 0.261 e. The molecule has 0 unspecified atom stereocenters. The van der Waals surface area contributed by atoms with E-state index in [9.17, 15) is 9.59 Å². The van der Waals surface area contributed by atoms with E-state index in [-0.39, 0.29) is 18.0 Å². The molecule has 4 rings (SSSR count). The monoisotopic (exact) mass is 424 g/mol. The van der Waals surface area contributed by atoms with E-state index in [1.165, 1.54) is 10.9 Å². The van der Waals surface area contributed by atoms with Gasteiger partial charge in [-0.3, -0.25) is 14.2 Å². The van der Waals surface area contributed by atoms with Gasteiger partial charge in [0.15, 0.2) is 0 Å². The molecule has 6 nitrogen and oxygen atoms in total. The highest BCUT2D eigenvalue weighted by Crippen LogP contribution is 2.20. The number of carbonyl (C=O) groups is 1. The van der Waals surface area contributed by atoms with Crippen LogP contribution in [0.2, 0.25) is 0 Å². The molecular weight excluding hydrogens is 408 g/mol. The Bertz CT molecular complexity index is 1200. The molecule has 0 atom stereocenters. The summed E-state index contributed by atoms with van der Waals surface area (Å²) in [6, 6.07) is 15.3. The summed E-state index contributed by atoms with van der Waals surface area (Å²) in [5.74, 6) is -0.216. The predicted molar refractivity (Wildman–Crippen MR) is 109 cm³/mol. The lowest BCUT2D eigenvalue weighted by Crippen LogP contribution is -2.34. The van der Waals surface area contributed by atoms with E-state index in [4.69, 9.17) is 0 Å². The third-order valence-electron chi connectivity index (χ3n) is 4.46. The summed E-state index contributed by atoms with van der Waals surface area (Å²) in [5.41, 5.74) is 1.52. The molecule has 4 aromatic rings. The number of hydrogen-bond acceptors (Lipinski definition) is 3. The van der Waals surface area contributed by atoms with Gasteiger partial charge in [-0.05, 0) is 35.7 Å². The lowest BCUT2D eigenvalue weighted by molar-refractivity contribution is -0.121. The van der Waals surface area contributed by atoms with E-state index in [1.54, 1.807) is 18.2 Å². The number of carbonyl (C=O) groups excluding carboxylic acids is 1. The number of para-hydroxylation sites is 1. The minimum absolute atomic E-state index is 0.0470. The molecule has 27 heavy (non-hydrogen) atoms. The highest BCUT2D eigenvalue weighted by atomic mass is 79.9. The Morgan fingerprint density at radius 1 is 1.11 bits per heavy atom. The minimum Gasteiger partial charge on any atom is -0.353 e. The van der Waals surface area contributed by atoms with Gasteiger partial charge in [-0.25, -0.2) is 4.98 Å². The number of hydrogen-bond donors (Lipinski definition) is 1. The standard InChI is InChI=1S/C20H17BrN4O2/c21-15-6-5-14-7-9-24(18(14)11-15)10-8-22-19(26)12-25-13-23-17-4-2-1-3-16(17)20(25)27/h1-7,9,11,13H,8,10,12H2,(H,22,26). The fourth-order valence-corrected chi connectivity index (χ4v) is 3.45. The Balaban J connectivity index is 1.40. The average molecular weight is 425 g/mol. The molecule has 2 heterocycles. The number of fused-ring (bicyclic) bond motifs is 2. The molecule has 0 aliphatic rings. The van der Waals surface area contributed by atoms with Gasteiger partial charge >= 0.3 is 0 Å². The van der Waals surface area contributed by atoms with Crippen molar-refractivity contribution < 1.29 is 4.79 Å². The molecule has 0 spiro atoms. The van der Waals surface area contributed by atoms with Crippen molar-refractivity contribution in [1.82, 2.24) is 19.4 Å². The fourth-order valence-electron chi connectivity index (χ4n) is 3.10. The zero-order valence-corrected chi connectivity index (χ0v) is 16.0. The molecule has 0 bridgehead atoms. The number of nitrogens with zero attached hydrogens (tertiary/aromatic N) is 3. The highest BCUT2D eigenvalue weighted by Gasteiger charge is 2.08. The maximum absolute atomic E-state index is 12.4. The first-order valence-corrected chi connectivity index (χ1v) is 9.36. The van der Waals surface area contributed by atoms with Crippen molar-refractivity contribution in [1.29, 1.82) is 0 Å². The van der Waals surface area contributed by atoms with Crippen molar-refractivity contribution in [3.63, 3.8) is 0 Å². The van der Waals surface area contributed by atoms with Crippen molar-refractivity contribution in [2.75, 3.05) is 6.54 Å². The van der Waals surface area contributed by atoms with E-state index in [2.05, 4.69) is 36.9 Å². The van der Waals surface area contributed by atoms with Crippen LogP contribution in [0.5, 0.6) is 0 Å². The van der Waals surface area contributed by atoms with Crippen molar-refractivity contribution in [2.24, 2.45) is 0 Å². The van der Waals surface area contributed by atoms with Crippen LogP contribution in [0, 0.1) is 0 Å². The maximum atomic E-state index is 12.4. The number of rotatable bonds is 5. The molecule has 0 aliphatic carbocycles. The van der Waals surface area contributed by atoms with Gasteiger partial charge in [0.25, 0.3) is 5.56 Å². The normalized spacial score (nSPS) is 11.1. The summed E-state index contributed by atoms with van der Waals surface area (Å²) in [6.45, 7) is 1.08. The third-order valence-corrected chi connectivity index (χ3v) is 4.95. The summed E-state index contributed by atoms with van der Waals surface area (Å²) in [7, 11) is 0. The second kappa shape index (κ2) is 7.36. The van der Waals surface area contributed by atoms with E-state index < -0.39 is 0 Å². The van der Waals surface area contributed by atoms with Gasteiger partial charge in [-0.2, -0.15) is 0 Å². The van der Waals surface area contributed by atoms with E-state index in [1.807, 2.05) is 30.5 Å². The van der Waals surface area contributed by atoms with Crippen LogP contribution in [-0.2, 0) is 17.9 Å². The van der Waals surface area contributed by atoms with Crippen LogP contribution in [0.4, 0.5) is 0 Å². The largest absolute Gasteiger partial charge is 0.353 e. The van der Waals surface area contributed by atoms with Crippen LogP contribution in [-0.4, -0.2) is 26.6 Å². The Hall–Kier alpha value is -2.93. The number of nitrogens with one attached hydrogen (secondary N) is 1. The first-order chi connectivity index (χ1) is 13.1. The Morgan fingerprint density at radius 3 is 2.85 bits per heavy atom. The van der Waals surface area contributed by atoms with Crippen LogP contribution in [0.25, 0.3) is 21.8 Å². The first kappa shape index (κ1) is 17.5. The molecular formula is C20H17BrN4O2. The van der Waals surface area contributed by atoms with Crippen LogP contribution in [0.15, 0.2) is 70.3 Å². The van der Waals surface area contributed by atoms with E-state index in [0.29, 0.717) is 24.0 Å². The molecule has 0 saturated heterocycles. The zero-order valence-electron chi connectivity index (χ0n) is 14.4. The molecule has 1 N–H and O–H groups in total. The molecule has 0 radical (unpaired) electrons. The molecule has 2 aromatic carbocycles. The molecule has 0 aliphatic heterocycles. The minimum atomic E-state index is -0.216.